The summed E-state index contributed by atoms with van der Waals surface area (Å²) >= 11 is 5.02. The molecule has 1 aliphatic heterocycles. The molecule has 1 heterocycles. The normalized spacial score (nSPS) is 20.7. The van der Waals surface area contributed by atoms with Crippen LogP contribution in [0.3, 0.4) is 0 Å². The summed E-state index contributed by atoms with van der Waals surface area (Å²) in [5.74, 6) is -1.01. The molecule has 0 saturated carbocycles. The number of nitrogens with zero attached hydrogens (tertiary/aromatic N) is 1. The molecule has 1 amide bonds. The van der Waals surface area contributed by atoms with Gasteiger partial charge in [0.05, 0.1) is 0 Å². The lowest BCUT2D eigenvalue weighted by Crippen LogP contribution is -2.45. The Morgan fingerprint density at radius 1 is 1.21 bits per heavy atom. The number of carbonyl (C=O) groups excluding carboxylic acids is 1. The second-order valence-electron chi connectivity index (χ2n) is 3.29. The number of hydrogen-bond acceptors (Lipinski definition) is 1. The van der Waals surface area contributed by atoms with Crippen LogP contribution in [0.4, 0.5) is 13.2 Å². The van der Waals surface area contributed by atoms with Gasteiger partial charge in [-0.2, -0.15) is 13.2 Å². The molecular formula is C8H11ClF3NO. The first kappa shape index (κ1) is 11.6. The Bertz CT molecular complexity index is 213. The highest BCUT2D eigenvalue weighted by molar-refractivity contribution is 6.31. The van der Waals surface area contributed by atoms with Crippen molar-refractivity contribution in [2.75, 3.05) is 13.1 Å². The molecule has 1 aliphatic rings. The van der Waals surface area contributed by atoms with Crippen molar-refractivity contribution in [2.45, 2.75) is 30.8 Å². The minimum atomic E-state index is -4.64. The Hall–Kier alpha value is -0.450. The molecule has 6 heteroatoms. The summed E-state index contributed by atoms with van der Waals surface area (Å²) < 4.78 is 36.2. The molecule has 82 valence electrons. The van der Waals surface area contributed by atoms with Crippen molar-refractivity contribution in [1.82, 2.24) is 4.90 Å². The van der Waals surface area contributed by atoms with Gasteiger partial charge in [0.2, 0.25) is 11.3 Å². The van der Waals surface area contributed by atoms with Crippen LogP contribution in [-0.4, -0.2) is 35.4 Å². The molecule has 2 nitrogen and oxygen atoms in total. The van der Waals surface area contributed by atoms with E-state index in [1.807, 2.05) is 0 Å². The second-order valence-corrected chi connectivity index (χ2v) is 3.73. The number of likely N-dealkylation sites (tertiary alicyclic amines) is 1. The molecule has 0 N–H and O–H groups in total. The van der Waals surface area contributed by atoms with Crippen LogP contribution in [0.15, 0.2) is 0 Å². The zero-order chi connectivity index (χ0) is 10.8. The standard InChI is InChI=1S/C8H11ClF3NO/c9-6(8(10,11)12)7(14)13-4-2-1-3-5-13/h6H,1-5H2/t6-/m0/s1. The average Bonchev–Trinajstić information content (AvgIpc) is 2.15. The van der Waals surface area contributed by atoms with Crippen LogP contribution < -0.4 is 0 Å². The molecular weight excluding hydrogens is 219 g/mol. The third-order valence-electron chi connectivity index (χ3n) is 2.17. The number of halogens is 4. The van der Waals surface area contributed by atoms with Crippen LogP contribution in [0, 0.1) is 0 Å². The van der Waals surface area contributed by atoms with E-state index in [9.17, 15) is 18.0 Å². The third kappa shape index (κ3) is 2.77. The van der Waals surface area contributed by atoms with Gasteiger partial charge in [0.25, 0.3) is 0 Å². The summed E-state index contributed by atoms with van der Waals surface area (Å²) in [5.41, 5.74) is 0. The summed E-state index contributed by atoms with van der Waals surface area (Å²) in [6.45, 7) is 0.774. The summed E-state index contributed by atoms with van der Waals surface area (Å²) in [7, 11) is 0. The summed E-state index contributed by atoms with van der Waals surface area (Å²) in [6.07, 6.45) is -2.17. The fraction of sp³-hybridized carbons (Fsp3) is 0.875. The molecule has 0 spiro atoms. The topological polar surface area (TPSA) is 20.3 Å². The van der Waals surface area contributed by atoms with Crippen molar-refractivity contribution in [3.63, 3.8) is 0 Å². The van der Waals surface area contributed by atoms with E-state index >= 15 is 0 Å². The first-order valence-corrected chi connectivity index (χ1v) is 4.86. The number of alkyl halides is 4. The van der Waals surface area contributed by atoms with E-state index < -0.39 is 17.5 Å². The zero-order valence-electron chi connectivity index (χ0n) is 7.48. The number of piperidine rings is 1. The number of carbonyl (C=O) groups is 1. The van der Waals surface area contributed by atoms with Crippen LogP contribution in [-0.2, 0) is 4.79 Å². The van der Waals surface area contributed by atoms with Gasteiger partial charge in [0.15, 0.2) is 0 Å². The Balaban J connectivity index is 2.55. The highest BCUT2D eigenvalue weighted by Crippen LogP contribution is 2.27. The molecule has 1 fully saturated rings. The van der Waals surface area contributed by atoms with Crippen LogP contribution in [0.2, 0.25) is 0 Å². The quantitative estimate of drug-likeness (QED) is 0.631. The van der Waals surface area contributed by atoms with Crippen LogP contribution in [0.1, 0.15) is 19.3 Å². The highest BCUT2D eigenvalue weighted by atomic mass is 35.5. The van der Waals surface area contributed by atoms with E-state index in [0.29, 0.717) is 13.1 Å². The van der Waals surface area contributed by atoms with Crippen LogP contribution in [0.5, 0.6) is 0 Å². The molecule has 14 heavy (non-hydrogen) atoms. The molecule has 1 atom stereocenters. The highest BCUT2D eigenvalue weighted by Gasteiger charge is 2.45. The SMILES string of the molecule is O=C([C@H](Cl)C(F)(F)F)N1CCCCC1. The van der Waals surface area contributed by atoms with Crippen molar-refractivity contribution in [3.8, 4) is 0 Å². The average molecular weight is 230 g/mol. The van der Waals surface area contributed by atoms with Crippen molar-refractivity contribution in [3.05, 3.63) is 0 Å². The summed E-state index contributed by atoms with van der Waals surface area (Å²) in [4.78, 5) is 12.4. The van der Waals surface area contributed by atoms with E-state index in [-0.39, 0.29) is 0 Å². The predicted octanol–water partition coefficient (Wildman–Crippen LogP) is 2.17. The van der Waals surface area contributed by atoms with E-state index in [0.717, 1.165) is 19.3 Å². The van der Waals surface area contributed by atoms with E-state index in [4.69, 9.17) is 11.6 Å². The molecule has 0 unspecified atom stereocenters. The van der Waals surface area contributed by atoms with Crippen molar-refractivity contribution in [2.24, 2.45) is 0 Å². The molecule has 0 aromatic carbocycles. The number of hydrogen-bond donors (Lipinski definition) is 0. The van der Waals surface area contributed by atoms with Gasteiger partial charge in [0.1, 0.15) is 0 Å². The largest absolute Gasteiger partial charge is 0.413 e. The maximum Gasteiger partial charge on any atom is 0.413 e. The molecule has 1 rings (SSSR count). The number of rotatable bonds is 1. The summed E-state index contributed by atoms with van der Waals surface area (Å²) in [6, 6.07) is 0. The van der Waals surface area contributed by atoms with Gasteiger partial charge >= 0.3 is 6.18 Å². The third-order valence-corrected chi connectivity index (χ3v) is 2.61. The van der Waals surface area contributed by atoms with Crippen molar-refractivity contribution in [1.29, 1.82) is 0 Å². The minimum Gasteiger partial charge on any atom is -0.341 e. The van der Waals surface area contributed by atoms with Crippen LogP contribution >= 0.6 is 11.6 Å². The molecule has 0 aromatic rings. The smallest absolute Gasteiger partial charge is 0.341 e. The molecule has 0 aliphatic carbocycles. The molecule has 0 aromatic heterocycles. The molecule has 1 saturated heterocycles. The first-order valence-electron chi connectivity index (χ1n) is 4.42. The Labute approximate surface area is 85.0 Å². The first-order chi connectivity index (χ1) is 6.43. The van der Waals surface area contributed by atoms with E-state index in [2.05, 4.69) is 0 Å². The molecule has 0 bridgehead atoms. The van der Waals surface area contributed by atoms with Crippen LogP contribution in [0.25, 0.3) is 0 Å². The lowest BCUT2D eigenvalue weighted by atomic mass is 10.1. The Morgan fingerprint density at radius 3 is 2.14 bits per heavy atom. The molecule has 0 radical (unpaired) electrons. The maximum absolute atomic E-state index is 12.1. The maximum atomic E-state index is 12.1. The van der Waals surface area contributed by atoms with Gasteiger partial charge in [-0.05, 0) is 19.3 Å². The fourth-order valence-electron chi connectivity index (χ4n) is 1.41. The van der Waals surface area contributed by atoms with Crippen molar-refractivity contribution >= 4 is 17.5 Å². The van der Waals surface area contributed by atoms with Gasteiger partial charge in [-0.15, -0.1) is 11.6 Å². The minimum absolute atomic E-state index is 0.387. The van der Waals surface area contributed by atoms with E-state index in [1.165, 1.54) is 4.90 Å². The lowest BCUT2D eigenvalue weighted by molar-refractivity contribution is -0.159. The van der Waals surface area contributed by atoms with Gasteiger partial charge in [0, 0.05) is 13.1 Å². The second kappa shape index (κ2) is 4.38. The number of amides is 1. The van der Waals surface area contributed by atoms with Gasteiger partial charge < -0.3 is 4.90 Å². The predicted molar refractivity (Wildman–Crippen MR) is 46.1 cm³/mol. The monoisotopic (exact) mass is 229 g/mol. The van der Waals surface area contributed by atoms with E-state index in [1.54, 1.807) is 0 Å². The van der Waals surface area contributed by atoms with Crippen molar-refractivity contribution < 1.29 is 18.0 Å². The fourth-order valence-corrected chi connectivity index (χ4v) is 1.55. The van der Waals surface area contributed by atoms with Gasteiger partial charge in [-0.3, -0.25) is 4.79 Å². The van der Waals surface area contributed by atoms with Gasteiger partial charge in [-0.1, -0.05) is 0 Å². The van der Waals surface area contributed by atoms with Gasteiger partial charge in [-0.25, -0.2) is 0 Å². The Morgan fingerprint density at radius 2 is 1.71 bits per heavy atom. The lowest BCUT2D eigenvalue weighted by Gasteiger charge is -2.28. The Kier molecular flexibility index (Phi) is 3.64. The summed E-state index contributed by atoms with van der Waals surface area (Å²) in [5, 5.41) is -2.39. The zero-order valence-corrected chi connectivity index (χ0v) is 8.24.